The average molecular weight is 416 g/mol. The molecule has 142 valence electrons. The molecule has 0 unspecified atom stereocenters. The molecule has 4 aromatic rings. The van der Waals surface area contributed by atoms with Gasteiger partial charge in [-0.2, -0.15) is 5.26 Å². The quantitative estimate of drug-likeness (QED) is 0.300. The van der Waals surface area contributed by atoms with Crippen LogP contribution in [-0.2, 0) is 0 Å². The normalized spacial score (nSPS) is 10.6. The van der Waals surface area contributed by atoms with Crippen LogP contribution >= 0.6 is 23.1 Å². The number of nitrogens with zero attached hydrogens (tertiary/aromatic N) is 2. The maximum Gasteiger partial charge on any atom is 0.256 e. The van der Waals surface area contributed by atoms with Gasteiger partial charge in [0.2, 0.25) is 0 Å². The van der Waals surface area contributed by atoms with Gasteiger partial charge >= 0.3 is 0 Å². The van der Waals surface area contributed by atoms with E-state index in [1.165, 1.54) is 0 Å². The Morgan fingerprint density at radius 3 is 2.76 bits per heavy atom. The minimum Gasteiger partial charge on any atom is -0.321 e. The standard InChI is InChI=1S/C23H17N3OS2/c24-12-6-14-29-21-10-4-3-9-19(21)26-23(27)17-15-20(22-11-5-13-28-22)25-18-8-2-1-7-16(17)18/h1-5,7-11,13,15H,6,14H2,(H,26,27). The molecule has 0 spiro atoms. The number of carbonyl (C=O) groups is 1. The Bertz CT molecular complexity index is 1200. The number of hydrogen-bond acceptors (Lipinski definition) is 5. The maximum absolute atomic E-state index is 13.2. The molecule has 4 rings (SSSR count). The fourth-order valence-electron chi connectivity index (χ4n) is 3.01. The van der Waals surface area contributed by atoms with Gasteiger partial charge in [0.25, 0.3) is 5.91 Å². The Hall–Kier alpha value is -3.14. The van der Waals surface area contributed by atoms with Gasteiger partial charge in [-0.3, -0.25) is 4.79 Å². The molecule has 0 fully saturated rings. The number of fused-ring (bicyclic) bond motifs is 1. The van der Waals surface area contributed by atoms with E-state index in [0.717, 1.165) is 32.1 Å². The molecule has 0 saturated carbocycles. The highest BCUT2D eigenvalue weighted by Crippen LogP contribution is 2.30. The van der Waals surface area contributed by atoms with Crippen molar-refractivity contribution < 1.29 is 4.79 Å². The second-order valence-electron chi connectivity index (χ2n) is 6.26. The second-order valence-corrected chi connectivity index (χ2v) is 8.34. The predicted octanol–water partition coefficient (Wildman–Crippen LogP) is 6.22. The monoisotopic (exact) mass is 415 g/mol. The van der Waals surface area contributed by atoms with Crippen LogP contribution in [0.1, 0.15) is 16.8 Å². The molecule has 1 N–H and O–H groups in total. The summed E-state index contributed by atoms with van der Waals surface area (Å²) in [5, 5.41) is 14.6. The zero-order valence-electron chi connectivity index (χ0n) is 15.5. The number of rotatable bonds is 6. The molecule has 0 bridgehead atoms. The first-order valence-electron chi connectivity index (χ1n) is 9.10. The highest BCUT2D eigenvalue weighted by Gasteiger charge is 2.16. The van der Waals surface area contributed by atoms with Crippen LogP contribution in [0.15, 0.2) is 77.0 Å². The summed E-state index contributed by atoms with van der Waals surface area (Å²) in [6, 6.07) is 23.3. The number of hydrogen-bond donors (Lipinski definition) is 1. The molecule has 0 aliphatic carbocycles. The smallest absolute Gasteiger partial charge is 0.256 e. The Labute approximate surface area is 177 Å². The van der Waals surface area contributed by atoms with Crippen molar-refractivity contribution in [3.63, 3.8) is 0 Å². The van der Waals surface area contributed by atoms with E-state index < -0.39 is 0 Å². The molecule has 0 radical (unpaired) electrons. The number of aromatic nitrogens is 1. The Morgan fingerprint density at radius 2 is 1.93 bits per heavy atom. The van der Waals surface area contributed by atoms with E-state index in [1.807, 2.05) is 72.1 Å². The molecule has 4 nitrogen and oxygen atoms in total. The third-order valence-electron chi connectivity index (χ3n) is 4.34. The van der Waals surface area contributed by atoms with Crippen LogP contribution in [0.2, 0.25) is 0 Å². The van der Waals surface area contributed by atoms with Crippen LogP contribution in [0.5, 0.6) is 0 Å². The number of carbonyl (C=O) groups excluding carboxylic acids is 1. The fraction of sp³-hybridized carbons (Fsp3) is 0.0870. The lowest BCUT2D eigenvalue weighted by Gasteiger charge is -2.12. The first kappa shape index (κ1) is 19.2. The maximum atomic E-state index is 13.2. The summed E-state index contributed by atoms with van der Waals surface area (Å²) in [5.41, 5.74) is 2.93. The highest BCUT2D eigenvalue weighted by atomic mass is 32.2. The molecule has 0 aliphatic heterocycles. The molecule has 1 amide bonds. The molecule has 0 aliphatic rings. The van der Waals surface area contributed by atoms with Gasteiger partial charge in [0.15, 0.2) is 0 Å². The summed E-state index contributed by atoms with van der Waals surface area (Å²) in [6.07, 6.45) is 0.464. The molecule has 0 atom stereocenters. The Morgan fingerprint density at radius 1 is 1.10 bits per heavy atom. The van der Waals surface area contributed by atoms with Crippen LogP contribution in [-0.4, -0.2) is 16.6 Å². The fourth-order valence-corrected chi connectivity index (χ4v) is 4.55. The number of amides is 1. The van der Waals surface area contributed by atoms with Crippen LogP contribution in [0.4, 0.5) is 5.69 Å². The van der Waals surface area contributed by atoms with E-state index in [2.05, 4.69) is 11.4 Å². The lowest BCUT2D eigenvalue weighted by Crippen LogP contribution is -2.13. The number of nitrogens with one attached hydrogen (secondary N) is 1. The molecule has 2 aromatic heterocycles. The number of para-hydroxylation sites is 2. The second kappa shape index (κ2) is 8.91. The van der Waals surface area contributed by atoms with Gasteiger partial charge in [0.05, 0.1) is 33.4 Å². The SMILES string of the molecule is N#CCCSc1ccccc1NC(=O)c1cc(-c2cccs2)nc2ccccc12. The third-order valence-corrected chi connectivity index (χ3v) is 6.31. The van der Waals surface area contributed by atoms with Gasteiger partial charge in [-0.05, 0) is 35.7 Å². The van der Waals surface area contributed by atoms with Gasteiger partial charge in [-0.25, -0.2) is 4.98 Å². The predicted molar refractivity (Wildman–Crippen MR) is 120 cm³/mol. The molecule has 2 aromatic carbocycles. The van der Waals surface area contributed by atoms with E-state index in [1.54, 1.807) is 23.1 Å². The number of thiophene rings is 1. The van der Waals surface area contributed by atoms with Crippen LogP contribution in [0, 0.1) is 11.3 Å². The van der Waals surface area contributed by atoms with Crippen molar-refractivity contribution in [2.45, 2.75) is 11.3 Å². The number of nitriles is 1. The van der Waals surface area contributed by atoms with E-state index >= 15 is 0 Å². The highest BCUT2D eigenvalue weighted by molar-refractivity contribution is 7.99. The zero-order chi connectivity index (χ0) is 20.1. The summed E-state index contributed by atoms with van der Waals surface area (Å²) in [7, 11) is 0. The Kier molecular flexibility index (Phi) is 5.89. The van der Waals surface area contributed by atoms with Crippen molar-refractivity contribution in [1.29, 1.82) is 5.26 Å². The van der Waals surface area contributed by atoms with Gasteiger partial charge in [-0.15, -0.1) is 23.1 Å². The van der Waals surface area contributed by atoms with Crippen molar-refractivity contribution in [2.75, 3.05) is 11.1 Å². The van der Waals surface area contributed by atoms with E-state index in [9.17, 15) is 4.79 Å². The van der Waals surface area contributed by atoms with E-state index in [4.69, 9.17) is 10.2 Å². The minimum atomic E-state index is -0.172. The average Bonchev–Trinajstić information content (AvgIpc) is 3.29. The number of pyridine rings is 1. The zero-order valence-corrected chi connectivity index (χ0v) is 17.1. The van der Waals surface area contributed by atoms with Gasteiger partial charge in [-0.1, -0.05) is 36.4 Å². The molecule has 2 heterocycles. The summed E-state index contributed by atoms with van der Waals surface area (Å²) >= 11 is 3.16. The van der Waals surface area contributed by atoms with Crippen LogP contribution in [0.25, 0.3) is 21.5 Å². The summed E-state index contributed by atoms with van der Waals surface area (Å²) in [5.74, 6) is 0.513. The Balaban J connectivity index is 1.70. The van der Waals surface area contributed by atoms with Crippen molar-refractivity contribution in [1.82, 2.24) is 4.98 Å². The molecular weight excluding hydrogens is 398 g/mol. The van der Waals surface area contributed by atoms with Crippen LogP contribution < -0.4 is 5.32 Å². The van der Waals surface area contributed by atoms with Gasteiger partial charge in [0.1, 0.15) is 0 Å². The van der Waals surface area contributed by atoms with Crippen LogP contribution in [0.3, 0.4) is 0 Å². The van der Waals surface area contributed by atoms with Crippen molar-refractivity contribution in [3.8, 4) is 16.6 Å². The first-order valence-corrected chi connectivity index (χ1v) is 11.0. The minimum absolute atomic E-state index is 0.172. The summed E-state index contributed by atoms with van der Waals surface area (Å²) < 4.78 is 0. The lowest BCUT2D eigenvalue weighted by atomic mass is 10.1. The number of benzene rings is 2. The van der Waals surface area contributed by atoms with Crippen molar-refractivity contribution >= 4 is 45.6 Å². The topological polar surface area (TPSA) is 65.8 Å². The van der Waals surface area contributed by atoms with Gasteiger partial charge in [0, 0.05) is 22.5 Å². The summed E-state index contributed by atoms with van der Waals surface area (Å²) in [4.78, 5) is 19.9. The largest absolute Gasteiger partial charge is 0.321 e. The summed E-state index contributed by atoms with van der Waals surface area (Å²) in [6.45, 7) is 0. The van der Waals surface area contributed by atoms with Crippen molar-refractivity contribution in [3.05, 3.63) is 77.7 Å². The molecular formula is C23H17N3OS2. The number of anilines is 1. The van der Waals surface area contributed by atoms with E-state index in [-0.39, 0.29) is 5.91 Å². The van der Waals surface area contributed by atoms with Gasteiger partial charge < -0.3 is 5.32 Å². The van der Waals surface area contributed by atoms with Crippen molar-refractivity contribution in [2.24, 2.45) is 0 Å². The third kappa shape index (κ3) is 4.32. The van der Waals surface area contributed by atoms with E-state index in [0.29, 0.717) is 17.7 Å². The molecule has 0 saturated heterocycles. The lowest BCUT2D eigenvalue weighted by molar-refractivity contribution is 0.102. The first-order chi connectivity index (χ1) is 14.3. The molecule has 6 heteroatoms. The number of thioether (sulfide) groups is 1. The molecule has 29 heavy (non-hydrogen) atoms.